The number of halogens is 2. The lowest BCUT2D eigenvalue weighted by Gasteiger charge is -2.36. The minimum atomic E-state index is -0.410. The molecule has 1 heterocycles. The van der Waals surface area contributed by atoms with Gasteiger partial charge in [0.15, 0.2) is 5.78 Å². The molecule has 1 aliphatic heterocycles. The number of piperazine rings is 1. The van der Waals surface area contributed by atoms with Gasteiger partial charge in [-0.1, -0.05) is 17.7 Å². The molecule has 1 aliphatic rings. The van der Waals surface area contributed by atoms with Crippen molar-refractivity contribution in [1.29, 1.82) is 0 Å². The Morgan fingerprint density at radius 3 is 2.84 bits per heavy atom. The van der Waals surface area contributed by atoms with E-state index in [1.165, 1.54) is 6.07 Å². The van der Waals surface area contributed by atoms with Gasteiger partial charge in [-0.3, -0.25) is 9.69 Å². The lowest BCUT2D eigenvalue weighted by atomic mass is 10.0. The van der Waals surface area contributed by atoms with Gasteiger partial charge < -0.3 is 4.90 Å². The standard InChI is InChI=1S/C14H18ClFN2O/c1-17-6-7-18(2)13(9-17)14(19)8-10-11(15)4-3-5-12(10)16/h3-5,13H,6-9H2,1-2H3. The fourth-order valence-corrected chi connectivity index (χ4v) is 2.58. The van der Waals surface area contributed by atoms with E-state index in [-0.39, 0.29) is 18.2 Å². The van der Waals surface area contributed by atoms with E-state index in [0.717, 1.165) is 13.1 Å². The SMILES string of the molecule is CN1CCN(C)C(C(=O)Cc2c(F)cccc2Cl)C1. The normalized spacial score (nSPS) is 21.6. The van der Waals surface area contributed by atoms with Crippen molar-refractivity contribution in [2.45, 2.75) is 12.5 Å². The van der Waals surface area contributed by atoms with Gasteiger partial charge in [-0.15, -0.1) is 0 Å². The largest absolute Gasteiger partial charge is 0.303 e. The van der Waals surface area contributed by atoms with Gasteiger partial charge in [-0.05, 0) is 26.2 Å². The van der Waals surface area contributed by atoms with Crippen LogP contribution in [0, 0.1) is 5.82 Å². The maximum atomic E-state index is 13.7. The van der Waals surface area contributed by atoms with E-state index in [4.69, 9.17) is 11.6 Å². The maximum absolute atomic E-state index is 13.7. The molecule has 1 saturated heterocycles. The summed E-state index contributed by atoms with van der Waals surface area (Å²) in [6.07, 6.45) is 0.0500. The summed E-state index contributed by atoms with van der Waals surface area (Å²) in [5, 5.41) is 0.320. The summed E-state index contributed by atoms with van der Waals surface area (Å²) in [6, 6.07) is 4.32. The highest BCUT2D eigenvalue weighted by Crippen LogP contribution is 2.21. The van der Waals surface area contributed by atoms with Crippen molar-refractivity contribution in [3.63, 3.8) is 0 Å². The summed E-state index contributed by atoms with van der Waals surface area (Å²) in [6.45, 7) is 2.47. The summed E-state index contributed by atoms with van der Waals surface area (Å²) in [5.41, 5.74) is 0.302. The molecule has 19 heavy (non-hydrogen) atoms. The van der Waals surface area contributed by atoms with E-state index in [9.17, 15) is 9.18 Å². The molecule has 2 rings (SSSR count). The molecule has 104 valence electrons. The van der Waals surface area contributed by atoms with Crippen molar-refractivity contribution in [2.24, 2.45) is 0 Å². The van der Waals surface area contributed by atoms with Crippen molar-refractivity contribution >= 4 is 17.4 Å². The zero-order valence-corrected chi connectivity index (χ0v) is 12.0. The Hall–Kier alpha value is -0.970. The maximum Gasteiger partial charge on any atom is 0.155 e. The van der Waals surface area contributed by atoms with Gasteiger partial charge >= 0.3 is 0 Å². The Kier molecular flexibility index (Phi) is 4.55. The number of carbonyl (C=O) groups is 1. The van der Waals surface area contributed by atoms with Crippen molar-refractivity contribution < 1.29 is 9.18 Å². The number of nitrogens with zero attached hydrogens (tertiary/aromatic N) is 2. The lowest BCUT2D eigenvalue weighted by molar-refractivity contribution is -0.125. The molecule has 1 unspecified atom stereocenters. The topological polar surface area (TPSA) is 23.6 Å². The van der Waals surface area contributed by atoms with Crippen LogP contribution in [0.5, 0.6) is 0 Å². The van der Waals surface area contributed by atoms with Crippen molar-refractivity contribution in [3.05, 3.63) is 34.6 Å². The van der Waals surface area contributed by atoms with E-state index in [1.54, 1.807) is 12.1 Å². The minimum absolute atomic E-state index is 0.0149. The second-order valence-corrected chi connectivity index (χ2v) is 5.51. The zero-order chi connectivity index (χ0) is 14.0. The van der Waals surface area contributed by atoms with Gasteiger partial charge in [0.1, 0.15) is 5.82 Å². The molecule has 1 aromatic rings. The Balaban J connectivity index is 2.12. The van der Waals surface area contributed by atoms with Crippen molar-refractivity contribution in [3.8, 4) is 0 Å². The summed E-state index contributed by atoms with van der Waals surface area (Å²) in [4.78, 5) is 16.5. The highest BCUT2D eigenvalue weighted by Gasteiger charge is 2.29. The van der Waals surface area contributed by atoms with Crippen LogP contribution in [-0.2, 0) is 11.2 Å². The molecule has 0 amide bonds. The third-order valence-electron chi connectivity index (χ3n) is 3.64. The third-order valence-corrected chi connectivity index (χ3v) is 3.99. The monoisotopic (exact) mass is 284 g/mol. The average Bonchev–Trinajstić information content (AvgIpc) is 2.37. The summed E-state index contributed by atoms with van der Waals surface area (Å²) < 4.78 is 13.7. The van der Waals surface area contributed by atoms with E-state index in [2.05, 4.69) is 4.90 Å². The van der Waals surface area contributed by atoms with E-state index >= 15 is 0 Å². The van der Waals surface area contributed by atoms with Gasteiger partial charge in [-0.25, -0.2) is 4.39 Å². The van der Waals surface area contributed by atoms with Crippen molar-refractivity contribution in [1.82, 2.24) is 9.80 Å². The molecule has 0 N–H and O–H groups in total. The summed E-state index contributed by atoms with van der Waals surface area (Å²) in [5.74, 6) is -0.395. The second kappa shape index (κ2) is 5.99. The fourth-order valence-electron chi connectivity index (χ4n) is 2.35. The highest BCUT2D eigenvalue weighted by atomic mass is 35.5. The molecule has 0 spiro atoms. The number of ketones is 1. The molecular weight excluding hydrogens is 267 g/mol. The predicted molar refractivity (Wildman–Crippen MR) is 74.0 cm³/mol. The van der Waals surface area contributed by atoms with Crippen molar-refractivity contribution in [2.75, 3.05) is 33.7 Å². The molecule has 1 fully saturated rings. The van der Waals surface area contributed by atoms with Gasteiger partial charge in [0, 0.05) is 36.6 Å². The highest BCUT2D eigenvalue weighted by molar-refractivity contribution is 6.31. The first kappa shape index (κ1) is 14.4. The quantitative estimate of drug-likeness (QED) is 0.846. The number of Topliss-reactive ketones (excluding diaryl/α,β-unsaturated/α-hetero) is 1. The van der Waals surface area contributed by atoms with Gasteiger partial charge in [0.05, 0.1) is 6.04 Å². The van der Waals surface area contributed by atoms with Crippen LogP contribution in [0.3, 0.4) is 0 Å². The van der Waals surface area contributed by atoms with Crippen LogP contribution in [0.4, 0.5) is 4.39 Å². The lowest BCUT2D eigenvalue weighted by Crippen LogP contribution is -2.53. The van der Waals surface area contributed by atoms with E-state index in [0.29, 0.717) is 17.1 Å². The predicted octanol–water partition coefficient (Wildman–Crippen LogP) is 1.84. The minimum Gasteiger partial charge on any atom is -0.303 e. The van der Waals surface area contributed by atoms with Crippen LogP contribution >= 0.6 is 11.6 Å². The number of likely N-dealkylation sites (N-methyl/N-ethyl adjacent to an activating group) is 2. The first-order chi connectivity index (χ1) is 8.99. The van der Waals surface area contributed by atoms with E-state index < -0.39 is 5.82 Å². The van der Waals surface area contributed by atoms with Crippen LogP contribution in [0.15, 0.2) is 18.2 Å². The van der Waals surface area contributed by atoms with E-state index in [1.807, 2.05) is 19.0 Å². The van der Waals surface area contributed by atoms with Crippen LogP contribution in [0.25, 0.3) is 0 Å². The van der Waals surface area contributed by atoms with Crippen LogP contribution in [0.2, 0.25) is 5.02 Å². The zero-order valence-electron chi connectivity index (χ0n) is 11.2. The molecule has 0 bridgehead atoms. The number of hydrogen-bond donors (Lipinski definition) is 0. The van der Waals surface area contributed by atoms with Gasteiger partial charge in [-0.2, -0.15) is 0 Å². The Morgan fingerprint density at radius 2 is 2.16 bits per heavy atom. The Morgan fingerprint density at radius 1 is 1.42 bits per heavy atom. The first-order valence-corrected chi connectivity index (χ1v) is 6.71. The van der Waals surface area contributed by atoms with Crippen LogP contribution < -0.4 is 0 Å². The molecule has 0 saturated carbocycles. The average molecular weight is 285 g/mol. The number of benzene rings is 1. The van der Waals surface area contributed by atoms with Gasteiger partial charge in [0.2, 0.25) is 0 Å². The molecule has 0 aliphatic carbocycles. The first-order valence-electron chi connectivity index (χ1n) is 6.33. The molecular formula is C14H18ClFN2O. The number of carbonyl (C=O) groups excluding carboxylic acids is 1. The van der Waals surface area contributed by atoms with Crippen LogP contribution in [-0.4, -0.2) is 55.4 Å². The summed E-state index contributed by atoms with van der Waals surface area (Å²) >= 11 is 5.96. The Bertz CT molecular complexity index is 460. The fraction of sp³-hybridized carbons (Fsp3) is 0.500. The molecule has 5 heteroatoms. The number of hydrogen-bond acceptors (Lipinski definition) is 3. The molecule has 1 aromatic carbocycles. The Labute approximate surface area is 117 Å². The third kappa shape index (κ3) is 3.32. The smallest absolute Gasteiger partial charge is 0.155 e. The molecule has 3 nitrogen and oxygen atoms in total. The molecule has 0 radical (unpaired) electrons. The molecule has 1 atom stereocenters. The molecule has 0 aromatic heterocycles. The summed E-state index contributed by atoms with van der Waals surface area (Å²) in [7, 11) is 3.92. The second-order valence-electron chi connectivity index (χ2n) is 5.10. The van der Waals surface area contributed by atoms with Crippen LogP contribution in [0.1, 0.15) is 5.56 Å². The van der Waals surface area contributed by atoms with Gasteiger partial charge in [0.25, 0.3) is 0 Å². The number of rotatable bonds is 3.